The molecule has 2 N–H and O–H groups in total. The largest absolute Gasteiger partial charge is 0.493 e. The summed E-state index contributed by atoms with van der Waals surface area (Å²) in [7, 11) is 2.91. The molecule has 0 aliphatic carbocycles. The van der Waals surface area contributed by atoms with Gasteiger partial charge in [0.05, 0.1) is 30.9 Å². The molecule has 124 valence electrons. The number of hydrogen-bond donors (Lipinski definition) is 2. The number of aromatic carboxylic acids is 1. The van der Waals surface area contributed by atoms with E-state index in [1.165, 1.54) is 37.7 Å². The highest BCUT2D eigenvalue weighted by Gasteiger charge is 2.18. The molecule has 0 bridgehead atoms. The molecule has 0 saturated carbocycles. The number of halogens is 1. The smallest absolute Gasteiger partial charge is 0.337 e. The molecular formula is C15H12ClN3O4S. The van der Waals surface area contributed by atoms with Crippen LogP contribution in [0.25, 0.3) is 10.2 Å². The summed E-state index contributed by atoms with van der Waals surface area (Å²) in [6, 6.07) is 4.76. The topological polar surface area (TPSA) is 93.6 Å². The molecule has 0 spiro atoms. The van der Waals surface area contributed by atoms with Crippen molar-refractivity contribution >= 4 is 50.6 Å². The molecule has 3 aromatic rings. The molecular weight excluding hydrogens is 354 g/mol. The molecule has 2 aromatic heterocycles. The normalized spacial score (nSPS) is 10.6. The van der Waals surface area contributed by atoms with E-state index < -0.39 is 5.97 Å². The lowest BCUT2D eigenvalue weighted by molar-refractivity contribution is 0.0697. The van der Waals surface area contributed by atoms with Crippen LogP contribution in [-0.4, -0.2) is 35.3 Å². The third-order valence-corrected chi connectivity index (χ3v) is 4.28. The Morgan fingerprint density at radius 2 is 1.96 bits per heavy atom. The highest BCUT2D eigenvalue weighted by molar-refractivity contribution is 7.16. The van der Waals surface area contributed by atoms with E-state index in [0.717, 1.165) is 5.39 Å². The predicted octanol–water partition coefficient (Wildman–Crippen LogP) is 3.80. The fourth-order valence-corrected chi connectivity index (χ4v) is 3.19. The standard InChI is InChI=1S/C15H12ClN3O4S/c1-22-10-5-8(14(20)21)9(6-11(10)23-2)17-12-7-3-4-24-13(7)19-15(16)18-12/h3-6H,1-2H3,(H,20,21)(H,17,18,19). The van der Waals surface area contributed by atoms with Gasteiger partial charge in [-0.05, 0) is 23.0 Å². The first-order valence-electron chi connectivity index (χ1n) is 6.70. The number of aromatic nitrogens is 2. The Balaban J connectivity index is 2.14. The van der Waals surface area contributed by atoms with Crippen LogP contribution in [0.2, 0.25) is 5.28 Å². The zero-order valence-electron chi connectivity index (χ0n) is 12.7. The van der Waals surface area contributed by atoms with Crippen molar-refractivity contribution in [3.63, 3.8) is 0 Å². The molecule has 0 atom stereocenters. The second-order valence-corrected chi connectivity index (χ2v) is 5.90. The third-order valence-electron chi connectivity index (χ3n) is 3.30. The van der Waals surface area contributed by atoms with Crippen molar-refractivity contribution in [1.82, 2.24) is 9.97 Å². The molecule has 0 aliphatic heterocycles. The van der Waals surface area contributed by atoms with Crippen molar-refractivity contribution in [1.29, 1.82) is 0 Å². The molecule has 0 radical (unpaired) electrons. The van der Waals surface area contributed by atoms with E-state index in [4.69, 9.17) is 21.1 Å². The fourth-order valence-electron chi connectivity index (χ4n) is 2.21. The lowest BCUT2D eigenvalue weighted by Gasteiger charge is -2.14. The minimum absolute atomic E-state index is 0.0192. The van der Waals surface area contributed by atoms with Crippen LogP contribution >= 0.6 is 22.9 Å². The van der Waals surface area contributed by atoms with E-state index in [2.05, 4.69) is 15.3 Å². The Labute approximate surface area is 145 Å². The summed E-state index contributed by atoms with van der Waals surface area (Å²) in [6.45, 7) is 0. The van der Waals surface area contributed by atoms with Crippen LogP contribution in [0.4, 0.5) is 11.5 Å². The number of hydrogen-bond acceptors (Lipinski definition) is 7. The molecule has 0 aliphatic rings. The molecule has 0 fully saturated rings. The first-order valence-corrected chi connectivity index (χ1v) is 7.96. The SMILES string of the molecule is COc1cc(Nc2nc(Cl)nc3sccc23)c(C(=O)O)cc1OC. The van der Waals surface area contributed by atoms with Crippen LogP contribution in [-0.2, 0) is 0 Å². The number of nitrogens with zero attached hydrogens (tertiary/aromatic N) is 2. The van der Waals surface area contributed by atoms with E-state index in [0.29, 0.717) is 27.8 Å². The van der Waals surface area contributed by atoms with Crippen molar-refractivity contribution in [2.24, 2.45) is 0 Å². The van der Waals surface area contributed by atoms with Crippen LogP contribution in [0, 0.1) is 0 Å². The van der Waals surface area contributed by atoms with E-state index in [1.54, 1.807) is 0 Å². The van der Waals surface area contributed by atoms with Gasteiger partial charge in [-0.25, -0.2) is 9.78 Å². The predicted molar refractivity (Wildman–Crippen MR) is 92.2 cm³/mol. The maximum absolute atomic E-state index is 11.6. The number of methoxy groups -OCH3 is 2. The van der Waals surface area contributed by atoms with E-state index in [9.17, 15) is 9.90 Å². The molecule has 0 unspecified atom stereocenters. The van der Waals surface area contributed by atoms with Crippen molar-refractivity contribution in [2.75, 3.05) is 19.5 Å². The number of ether oxygens (including phenoxy) is 2. The molecule has 9 heteroatoms. The molecule has 0 saturated heterocycles. The number of nitrogens with one attached hydrogen (secondary N) is 1. The van der Waals surface area contributed by atoms with Crippen LogP contribution in [0.5, 0.6) is 11.5 Å². The highest BCUT2D eigenvalue weighted by atomic mass is 35.5. The van der Waals surface area contributed by atoms with Crippen molar-refractivity contribution in [2.45, 2.75) is 0 Å². The van der Waals surface area contributed by atoms with Gasteiger partial charge in [0.25, 0.3) is 0 Å². The Morgan fingerprint density at radius 1 is 1.25 bits per heavy atom. The average Bonchev–Trinajstić information content (AvgIpc) is 3.02. The second-order valence-electron chi connectivity index (χ2n) is 4.66. The van der Waals surface area contributed by atoms with E-state index >= 15 is 0 Å². The molecule has 2 heterocycles. The molecule has 24 heavy (non-hydrogen) atoms. The number of anilines is 2. The minimum Gasteiger partial charge on any atom is -0.493 e. The van der Waals surface area contributed by atoms with Crippen molar-refractivity contribution in [3.8, 4) is 11.5 Å². The maximum Gasteiger partial charge on any atom is 0.337 e. The van der Waals surface area contributed by atoms with Crippen LogP contribution in [0.3, 0.4) is 0 Å². The van der Waals surface area contributed by atoms with Gasteiger partial charge in [-0.15, -0.1) is 11.3 Å². The Morgan fingerprint density at radius 3 is 2.62 bits per heavy atom. The number of carboxylic acids is 1. The first kappa shape index (κ1) is 16.3. The first-order chi connectivity index (χ1) is 11.5. The zero-order valence-corrected chi connectivity index (χ0v) is 14.2. The molecule has 3 rings (SSSR count). The maximum atomic E-state index is 11.6. The van der Waals surface area contributed by atoms with Gasteiger partial charge in [-0.3, -0.25) is 0 Å². The van der Waals surface area contributed by atoms with Gasteiger partial charge in [0.2, 0.25) is 5.28 Å². The van der Waals surface area contributed by atoms with Crippen molar-refractivity contribution in [3.05, 3.63) is 34.4 Å². The monoisotopic (exact) mass is 365 g/mol. The van der Waals surface area contributed by atoms with Crippen LogP contribution < -0.4 is 14.8 Å². The summed E-state index contributed by atoms with van der Waals surface area (Å²) in [5, 5.41) is 15.1. The summed E-state index contributed by atoms with van der Waals surface area (Å²) in [6.07, 6.45) is 0. The number of benzene rings is 1. The fraction of sp³-hybridized carbons (Fsp3) is 0.133. The van der Waals surface area contributed by atoms with E-state index in [1.807, 2.05) is 11.4 Å². The van der Waals surface area contributed by atoms with Gasteiger partial charge >= 0.3 is 5.97 Å². The summed E-state index contributed by atoms with van der Waals surface area (Å²) >= 11 is 7.35. The molecule has 7 nitrogen and oxygen atoms in total. The Hall–Kier alpha value is -2.58. The number of rotatable bonds is 5. The van der Waals surface area contributed by atoms with Gasteiger partial charge in [0, 0.05) is 12.1 Å². The summed E-state index contributed by atoms with van der Waals surface area (Å²) in [4.78, 5) is 20.6. The minimum atomic E-state index is -1.11. The number of carboxylic acid groups (broad SMARTS) is 1. The zero-order chi connectivity index (χ0) is 17.3. The Kier molecular flexibility index (Phi) is 4.41. The van der Waals surface area contributed by atoms with Gasteiger partial charge in [0.1, 0.15) is 10.6 Å². The van der Waals surface area contributed by atoms with E-state index in [-0.39, 0.29) is 10.8 Å². The molecule has 0 amide bonds. The number of thiophene rings is 1. The van der Waals surface area contributed by atoms with Crippen LogP contribution in [0.1, 0.15) is 10.4 Å². The number of carbonyl (C=O) groups is 1. The van der Waals surface area contributed by atoms with Gasteiger partial charge in [-0.2, -0.15) is 4.98 Å². The summed E-state index contributed by atoms with van der Waals surface area (Å²) < 4.78 is 10.4. The van der Waals surface area contributed by atoms with Crippen molar-refractivity contribution < 1.29 is 19.4 Å². The van der Waals surface area contributed by atoms with Gasteiger partial charge in [-0.1, -0.05) is 0 Å². The lowest BCUT2D eigenvalue weighted by atomic mass is 10.1. The Bertz CT molecular complexity index is 928. The average molecular weight is 366 g/mol. The van der Waals surface area contributed by atoms with Gasteiger partial charge in [0.15, 0.2) is 11.5 Å². The summed E-state index contributed by atoms with van der Waals surface area (Å²) in [5.41, 5.74) is 0.327. The highest BCUT2D eigenvalue weighted by Crippen LogP contribution is 2.36. The second kappa shape index (κ2) is 6.50. The third kappa shape index (κ3) is 2.93. The number of fused-ring (bicyclic) bond motifs is 1. The lowest BCUT2D eigenvalue weighted by Crippen LogP contribution is -2.06. The molecule has 1 aromatic carbocycles. The summed E-state index contributed by atoms with van der Waals surface area (Å²) in [5.74, 6) is 0.0229. The van der Waals surface area contributed by atoms with Gasteiger partial charge < -0.3 is 19.9 Å². The van der Waals surface area contributed by atoms with Crippen LogP contribution in [0.15, 0.2) is 23.6 Å². The quantitative estimate of drug-likeness (QED) is 0.664.